The highest BCUT2D eigenvalue weighted by Gasteiger charge is 2.06. The number of methoxy groups -OCH3 is 1. The Hall–Kier alpha value is -2.82. The number of nitrogens with one attached hydrogen (secondary N) is 1. The third kappa shape index (κ3) is 3.99. The maximum atomic E-state index is 12.1. The quantitative estimate of drug-likeness (QED) is 0.752. The van der Waals surface area contributed by atoms with Gasteiger partial charge < -0.3 is 14.6 Å². The highest BCUT2D eigenvalue weighted by atomic mass is 16.5. The molecule has 1 heterocycles. The first-order valence-electron chi connectivity index (χ1n) is 8.38. The highest BCUT2D eigenvalue weighted by molar-refractivity contribution is 5.79. The van der Waals surface area contributed by atoms with E-state index in [4.69, 9.17) is 4.74 Å². The fraction of sp³-hybridized carbons (Fsp3) is 0.300. The van der Waals surface area contributed by atoms with Crippen molar-refractivity contribution in [2.75, 3.05) is 13.7 Å². The summed E-state index contributed by atoms with van der Waals surface area (Å²) in [6.45, 7) is 2.62. The molecule has 1 amide bonds. The normalized spacial score (nSPS) is 10.8. The smallest absolute Gasteiger partial charge is 0.224 e. The molecule has 0 fully saturated rings. The Morgan fingerprint density at radius 1 is 1.16 bits per heavy atom. The molecule has 0 spiro atoms. The topological polar surface area (TPSA) is 56.1 Å². The molecule has 1 aromatic heterocycles. The van der Waals surface area contributed by atoms with Gasteiger partial charge in [0.1, 0.15) is 11.6 Å². The maximum absolute atomic E-state index is 12.1. The number of hydrogen-bond acceptors (Lipinski definition) is 3. The van der Waals surface area contributed by atoms with Gasteiger partial charge in [0.25, 0.3) is 0 Å². The van der Waals surface area contributed by atoms with Gasteiger partial charge in [-0.3, -0.25) is 4.79 Å². The lowest BCUT2D eigenvalue weighted by Crippen LogP contribution is -2.27. The molecular weight excluding hydrogens is 314 g/mol. The molecule has 0 aliphatic rings. The van der Waals surface area contributed by atoms with E-state index in [1.165, 1.54) is 5.56 Å². The first kappa shape index (κ1) is 17.0. The van der Waals surface area contributed by atoms with Crippen molar-refractivity contribution in [3.05, 3.63) is 59.4 Å². The van der Waals surface area contributed by atoms with Crippen LogP contribution in [0.5, 0.6) is 5.75 Å². The number of ether oxygens (including phenoxy) is 1. The van der Waals surface area contributed by atoms with Crippen LogP contribution >= 0.6 is 0 Å². The molecule has 25 heavy (non-hydrogen) atoms. The van der Waals surface area contributed by atoms with Crippen LogP contribution in [-0.4, -0.2) is 29.1 Å². The molecule has 2 aromatic carbocycles. The van der Waals surface area contributed by atoms with Crippen molar-refractivity contribution in [1.82, 2.24) is 14.9 Å². The molecule has 0 saturated heterocycles. The van der Waals surface area contributed by atoms with Crippen LogP contribution in [0, 0.1) is 6.92 Å². The number of hydrogen-bond donors (Lipinski definition) is 1. The Morgan fingerprint density at radius 3 is 2.60 bits per heavy atom. The summed E-state index contributed by atoms with van der Waals surface area (Å²) in [5.41, 5.74) is 4.28. The van der Waals surface area contributed by atoms with Gasteiger partial charge in [0.15, 0.2) is 0 Å². The largest absolute Gasteiger partial charge is 0.497 e. The lowest BCUT2D eigenvalue weighted by molar-refractivity contribution is -0.120. The van der Waals surface area contributed by atoms with E-state index in [1.807, 2.05) is 38.2 Å². The van der Waals surface area contributed by atoms with Gasteiger partial charge in [0.05, 0.1) is 24.6 Å². The van der Waals surface area contributed by atoms with Gasteiger partial charge in [-0.15, -0.1) is 0 Å². The zero-order valence-electron chi connectivity index (χ0n) is 14.9. The lowest BCUT2D eigenvalue weighted by atomic mass is 10.1. The monoisotopic (exact) mass is 337 g/mol. The molecule has 5 nitrogen and oxygen atoms in total. The van der Waals surface area contributed by atoms with Crippen molar-refractivity contribution in [1.29, 1.82) is 0 Å². The van der Waals surface area contributed by atoms with Crippen LogP contribution in [0.2, 0.25) is 0 Å². The van der Waals surface area contributed by atoms with E-state index in [1.54, 1.807) is 7.11 Å². The van der Waals surface area contributed by atoms with Crippen LogP contribution < -0.4 is 10.1 Å². The zero-order chi connectivity index (χ0) is 17.8. The van der Waals surface area contributed by atoms with Crippen LogP contribution in [0.4, 0.5) is 0 Å². The van der Waals surface area contributed by atoms with Crippen LogP contribution in [0.15, 0.2) is 42.5 Å². The molecule has 0 aliphatic heterocycles. The summed E-state index contributed by atoms with van der Waals surface area (Å²) in [5.74, 6) is 1.82. The summed E-state index contributed by atoms with van der Waals surface area (Å²) in [6.07, 6.45) is 1.17. The summed E-state index contributed by atoms with van der Waals surface area (Å²) >= 11 is 0. The van der Waals surface area contributed by atoms with Gasteiger partial charge in [-0.1, -0.05) is 18.2 Å². The van der Waals surface area contributed by atoms with E-state index in [0.29, 0.717) is 13.0 Å². The molecule has 0 atom stereocenters. The summed E-state index contributed by atoms with van der Waals surface area (Å²) in [4.78, 5) is 16.6. The minimum absolute atomic E-state index is 0.0277. The van der Waals surface area contributed by atoms with Gasteiger partial charge in [-0.2, -0.15) is 0 Å². The Labute approximate surface area is 147 Å². The molecule has 1 N–H and O–H groups in total. The SMILES string of the molecule is COc1ccc(CC(=O)NCCc2ccc3c(c2)nc(C)n3C)cc1. The maximum Gasteiger partial charge on any atom is 0.224 e. The van der Waals surface area contributed by atoms with E-state index >= 15 is 0 Å². The first-order chi connectivity index (χ1) is 12.1. The number of carbonyl (C=O) groups excluding carboxylic acids is 1. The van der Waals surface area contributed by atoms with Gasteiger partial charge >= 0.3 is 0 Å². The van der Waals surface area contributed by atoms with E-state index in [2.05, 4.69) is 33.1 Å². The molecule has 0 unspecified atom stereocenters. The van der Waals surface area contributed by atoms with E-state index in [9.17, 15) is 4.79 Å². The second-order valence-electron chi connectivity index (χ2n) is 6.17. The fourth-order valence-electron chi connectivity index (χ4n) is 2.86. The van der Waals surface area contributed by atoms with Crippen molar-refractivity contribution in [2.24, 2.45) is 7.05 Å². The van der Waals surface area contributed by atoms with Crippen molar-refractivity contribution in [3.8, 4) is 5.75 Å². The highest BCUT2D eigenvalue weighted by Crippen LogP contribution is 2.16. The Bertz CT molecular complexity index is 882. The Kier molecular flexibility index (Phi) is 5.03. The van der Waals surface area contributed by atoms with Crippen LogP contribution in [0.3, 0.4) is 0 Å². The number of benzene rings is 2. The number of amides is 1. The van der Waals surface area contributed by atoms with Crippen LogP contribution in [0.1, 0.15) is 17.0 Å². The average molecular weight is 337 g/mol. The fourth-order valence-corrected chi connectivity index (χ4v) is 2.86. The van der Waals surface area contributed by atoms with E-state index in [-0.39, 0.29) is 5.91 Å². The minimum atomic E-state index is 0.0277. The number of aryl methyl sites for hydroxylation is 2. The molecule has 0 aliphatic carbocycles. The summed E-state index contributed by atoms with van der Waals surface area (Å²) < 4.78 is 7.20. The molecule has 0 bridgehead atoms. The summed E-state index contributed by atoms with van der Waals surface area (Å²) in [7, 11) is 3.65. The average Bonchev–Trinajstić information content (AvgIpc) is 2.89. The van der Waals surface area contributed by atoms with Crippen molar-refractivity contribution >= 4 is 16.9 Å². The number of imidazole rings is 1. The Balaban J connectivity index is 1.52. The van der Waals surface area contributed by atoms with Gasteiger partial charge in [-0.25, -0.2) is 4.98 Å². The lowest BCUT2D eigenvalue weighted by Gasteiger charge is -2.07. The number of fused-ring (bicyclic) bond motifs is 1. The first-order valence-corrected chi connectivity index (χ1v) is 8.38. The van der Waals surface area contributed by atoms with Crippen LogP contribution in [0.25, 0.3) is 11.0 Å². The molecule has 0 saturated carbocycles. The van der Waals surface area contributed by atoms with Gasteiger partial charge in [0, 0.05) is 13.6 Å². The number of rotatable bonds is 6. The standard InChI is InChI=1S/C20H23N3O2/c1-14-22-18-12-16(6-9-19(18)23(14)2)10-11-21-20(24)13-15-4-7-17(25-3)8-5-15/h4-9,12H,10-11,13H2,1-3H3,(H,21,24). The molecule has 0 radical (unpaired) electrons. The second-order valence-corrected chi connectivity index (χ2v) is 6.17. The van der Waals surface area contributed by atoms with Crippen molar-refractivity contribution in [2.45, 2.75) is 19.8 Å². The summed E-state index contributed by atoms with van der Waals surface area (Å²) in [5, 5.41) is 2.98. The third-order valence-corrected chi connectivity index (χ3v) is 4.43. The van der Waals surface area contributed by atoms with Crippen molar-refractivity contribution in [3.63, 3.8) is 0 Å². The van der Waals surface area contributed by atoms with E-state index < -0.39 is 0 Å². The third-order valence-electron chi connectivity index (χ3n) is 4.43. The summed E-state index contributed by atoms with van der Waals surface area (Å²) in [6, 6.07) is 13.8. The number of aromatic nitrogens is 2. The number of carbonyl (C=O) groups is 1. The predicted octanol–water partition coefficient (Wildman–Crippen LogP) is 2.79. The minimum Gasteiger partial charge on any atom is -0.497 e. The molecule has 130 valence electrons. The zero-order valence-corrected chi connectivity index (χ0v) is 14.9. The molecular formula is C20H23N3O2. The van der Waals surface area contributed by atoms with Gasteiger partial charge in [-0.05, 0) is 48.7 Å². The van der Waals surface area contributed by atoms with Crippen molar-refractivity contribution < 1.29 is 9.53 Å². The second kappa shape index (κ2) is 7.38. The predicted molar refractivity (Wildman–Crippen MR) is 98.9 cm³/mol. The van der Waals surface area contributed by atoms with Crippen LogP contribution in [-0.2, 0) is 24.7 Å². The number of nitrogens with zero attached hydrogens (tertiary/aromatic N) is 2. The molecule has 5 heteroatoms. The molecule has 3 rings (SSSR count). The van der Waals surface area contributed by atoms with E-state index in [0.717, 1.165) is 34.6 Å². The molecule has 3 aromatic rings. The van der Waals surface area contributed by atoms with Gasteiger partial charge in [0.2, 0.25) is 5.91 Å². The Morgan fingerprint density at radius 2 is 1.88 bits per heavy atom.